The van der Waals surface area contributed by atoms with Crippen molar-refractivity contribution >= 4 is 5.91 Å². The van der Waals surface area contributed by atoms with Crippen molar-refractivity contribution in [2.45, 2.75) is 58.3 Å². The predicted octanol–water partition coefficient (Wildman–Crippen LogP) is 2.72. The zero-order chi connectivity index (χ0) is 21.4. The Morgan fingerprint density at radius 3 is 2.74 bits per heavy atom. The Morgan fingerprint density at radius 1 is 1.19 bits per heavy atom. The summed E-state index contributed by atoms with van der Waals surface area (Å²) in [6.45, 7) is 3.35. The fourth-order valence-electron chi connectivity index (χ4n) is 4.23. The van der Waals surface area contributed by atoms with E-state index in [2.05, 4.69) is 23.2 Å². The number of aryl methyl sites for hydroxylation is 1. The van der Waals surface area contributed by atoms with Crippen LogP contribution in [0.5, 0.6) is 0 Å². The Kier molecular flexibility index (Phi) is 5.28. The van der Waals surface area contributed by atoms with Crippen molar-refractivity contribution in [2.24, 2.45) is 11.7 Å². The van der Waals surface area contributed by atoms with E-state index >= 15 is 0 Å². The molecule has 7 nitrogen and oxygen atoms in total. The summed E-state index contributed by atoms with van der Waals surface area (Å²) in [6.07, 6.45) is 5.88. The molecule has 0 radical (unpaired) electrons. The summed E-state index contributed by atoms with van der Waals surface area (Å²) in [7, 11) is 0. The fraction of sp³-hybridized carbons (Fsp3) is 0.417. The zero-order valence-electron chi connectivity index (χ0n) is 17.9. The SMILES string of the molecule is Cc1cc2c(cn1)CN(C(=O)Cn1nc(CC3CC3)nc1[C@H](N)Cc1ccccc1)C2. The smallest absolute Gasteiger partial charge is 0.244 e. The number of carbonyl (C=O) groups is 1. The minimum atomic E-state index is -0.307. The standard InChI is InChI=1S/C24H28N6O/c1-16-9-19-13-29(14-20(19)12-26-16)23(31)15-30-24(27-22(28-30)11-18-7-8-18)21(25)10-17-5-3-2-4-6-17/h2-6,9,12,18,21H,7-8,10-11,13-15,25H2,1H3/t21-/m1/s1. The highest BCUT2D eigenvalue weighted by molar-refractivity contribution is 5.76. The molecule has 3 heterocycles. The fourth-order valence-corrected chi connectivity index (χ4v) is 4.23. The van der Waals surface area contributed by atoms with Crippen molar-refractivity contribution in [1.82, 2.24) is 24.6 Å². The minimum absolute atomic E-state index is 0.0323. The molecule has 0 unspecified atom stereocenters. The predicted molar refractivity (Wildman–Crippen MR) is 117 cm³/mol. The topological polar surface area (TPSA) is 89.9 Å². The number of benzene rings is 1. The molecule has 2 aliphatic rings. The van der Waals surface area contributed by atoms with Gasteiger partial charge >= 0.3 is 0 Å². The van der Waals surface area contributed by atoms with Crippen LogP contribution in [0.25, 0.3) is 0 Å². The van der Waals surface area contributed by atoms with E-state index in [0.29, 0.717) is 31.3 Å². The average molecular weight is 417 g/mol. The third-order valence-corrected chi connectivity index (χ3v) is 6.12. The molecule has 0 bridgehead atoms. The lowest BCUT2D eigenvalue weighted by molar-refractivity contribution is -0.132. The first-order chi connectivity index (χ1) is 15.0. The van der Waals surface area contributed by atoms with E-state index in [-0.39, 0.29) is 18.5 Å². The van der Waals surface area contributed by atoms with Crippen LogP contribution in [0, 0.1) is 12.8 Å². The van der Waals surface area contributed by atoms with Crippen molar-refractivity contribution in [2.75, 3.05) is 0 Å². The Bertz CT molecular complexity index is 1090. The van der Waals surface area contributed by atoms with Crippen LogP contribution in [0.3, 0.4) is 0 Å². The van der Waals surface area contributed by atoms with E-state index in [1.807, 2.05) is 36.2 Å². The Labute approximate surface area is 182 Å². The van der Waals surface area contributed by atoms with Gasteiger partial charge in [0.1, 0.15) is 12.4 Å². The van der Waals surface area contributed by atoms with Crippen LogP contribution in [0.15, 0.2) is 42.6 Å². The number of nitrogens with zero attached hydrogens (tertiary/aromatic N) is 5. The van der Waals surface area contributed by atoms with E-state index in [0.717, 1.165) is 29.1 Å². The Balaban J connectivity index is 1.33. The lowest BCUT2D eigenvalue weighted by Gasteiger charge is -2.17. The molecule has 2 aromatic heterocycles. The first kappa shape index (κ1) is 19.9. The van der Waals surface area contributed by atoms with Crippen molar-refractivity contribution in [3.05, 3.63) is 76.6 Å². The van der Waals surface area contributed by atoms with Crippen LogP contribution < -0.4 is 5.73 Å². The normalized spacial score (nSPS) is 16.4. The minimum Gasteiger partial charge on any atom is -0.332 e. The molecule has 160 valence electrons. The molecule has 5 rings (SSSR count). The van der Waals surface area contributed by atoms with Gasteiger partial charge < -0.3 is 10.6 Å². The molecule has 7 heteroatoms. The van der Waals surface area contributed by atoms with Gasteiger partial charge in [-0.1, -0.05) is 30.3 Å². The Hall–Kier alpha value is -3.06. The number of pyridine rings is 1. The quantitative estimate of drug-likeness (QED) is 0.640. The average Bonchev–Trinajstić information content (AvgIpc) is 3.32. The number of fused-ring (bicyclic) bond motifs is 1. The molecular formula is C24H28N6O. The largest absolute Gasteiger partial charge is 0.332 e. The van der Waals surface area contributed by atoms with Gasteiger partial charge in [0, 0.05) is 31.4 Å². The molecule has 0 saturated heterocycles. The van der Waals surface area contributed by atoms with E-state index in [4.69, 9.17) is 15.8 Å². The molecule has 0 spiro atoms. The number of amides is 1. The van der Waals surface area contributed by atoms with Crippen LogP contribution in [-0.2, 0) is 37.3 Å². The van der Waals surface area contributed by atoms with Gasteiger partial charge in [-0.25, -0.2) is 9.67 Å². The molecule has 1 fully saturated rings. The van der Waals surface area contributed by atoms with Crippen molar-refractivity contribution in [3.63, 3.8) is 0 Å². The van der Waals surface area contributed by atoms with E-state index in [1.54, 1.807) is 4.68 Å². The van der Waals surface area contributed by atoms with E-state index in [9.17, 15) is 4.79 Å². The summed E-state index contributed by atoms with van der Waals surface area (Å²) in [6, 6.07) is 11.9. The summed E-state index contributed by atoms with van der Waals surface area (Å²) < 4.78 is 1.74. The molecule has 2 N–H and O–H groups in total. The van der Waals surface area contributed by atoms with Crippen LogP contribution in [0.1, 0.15) is 52.9 Å². The first-order valence-electron chi connectivity index (χ1n) is 11.0. The van der Waals surface area contributed by atoms with E-state index in [1.165, 1.54) is 18.4 Å². The molecule has 1 aromatic carbocycles. The number of hydrogen-bond donors (Lipinski definition) is 1. The molecule has 1 aliphatic heterocycles. The van der Waals surface area contributed by atoms with E-state index < -0.39 is 0 Å². The summed E-state index contributed by atoms with van der Waals surface area (Å²) in [5.74, 6) is 2.21. The maximum Gasteiger partial charge on any atom is 0.244 e. The van der Waals surface area contributed by atoms with Gasteiger partial charge in [0.15, 0.2) is 5.82 Å². The number of aromatic nitrogens is 4. The Morgan fingerprint density at radius 2 is 1.97 bits per heavy atom. The van der Waals surface area contributed by atoms with Crippen LogP contribution in [-0.4, -0.2) is 30.6 Å². The number of nitrogens with two attached hydrogens (primary N) is 1. The molecule has 1 amide bonds. The molecular weight excluding hydrogens is 388 g/mol. The maximum atomic E-state index is 13.1. The highest BCUT2D eigenvalue weighted by Crippen LogP contribution is 2.32. The highest BCUT2D eigenvalue weighted by atomic mass is 16.2. The molecule has 1 saturated carbocycles. The monoisotopic (exact) mass is 416 g/mol. The highest BCUT2D eigenvalue weighted by Gasteiger charge is 2.28. The maximum absolute atomic E-state index is 13.1. The van der Waals surface area contributed by atoms with Gasteiger partial charge in [-0.3, -0.25) is 9.78 Å². The van der Waals surface area contributed by atoms with Gasteiger partial charge in [0.05, 0.1) is 6.04 Å². The summed E-state index contributed by atoms with van der Waals surface area (Å²) in [5.41, 5.74) is 11.0. The lowest BCUT2D eigenvalue weighted by Crippen LogP contribution is -2.31. The molecule has 1 atom stereocenters. The van der Waals surface area contributed by atoms with Gasteiger partial charge in [0.25, 0.3) is 0 Å². The van der Waals surface area contributed by atoms with Gasteiger partial charge in [0.2, 0.25) is 5.91 Å². The summed E-state index contributed by atoms with van der Waals surface area (Å²) in [4.78, 5) is 24.1. The zero-order valence-corrected chi connectivity index (χ0v) is 17.9. The lowest BCUT2D eigenvalue weighted by atomic mass is 10.1. The van der Waals surface area contributed by atoms with Crippen molar-refractivity contribution in [3.8, 4) is 0 Å². The number of carbonyl (C=O) groups excluding carboxylic acids is 1. The number of rotatable bonds is 7. The van der Waals surface area contributed by atoms with Crippen LogP contribution in [0.4, 0.5) is 0 Å². The number of hydrogen-bond acceptors (Lipinski definition) is 5. The van der Waals surface area contributed by atoms with Gasteiger partial charge in [-0.2, -0.15) is 5.10 Å². The third kappa shape index (κ3) is 4.51. The first-order valence-corrected chi connectivity index (χ1v) is 11.0. The van der Waals surface area contributed by atoms with Gasteiger partial charge in [-0.15, -0.1) is 0 Å². The second-order valence-electron chi connectivity index (χ2n) is 8.83. The molecule has 1 aliphatic carbocycles. The van der Waals surface area contributed by atoms with Gasteiger partial charge in [-0.05, 0) is 54.9 Å². The van der Waals surface area contributed by atoms with Crippen LogP contribution >= 0.6 is 0 Å². The van der Waals surface area contributed by atoms with Crippen molar-refractivity contribution in [1.29, 1.82) is 0 Å². The second kappa shape index (κ2) is 8.23. The third-order valence-electron chi connectivity index (χ3n) is 6.12. The molecule has 31 heavy (non-hydrogen) atoms. The second-order valence-corrected chi connectivity index (χ2v) is 8.83. The van der Waals surface area contributed by atoms with Crippen LogP contribution in [0.2, 0.25) is 0 Å². The molecule has 3 aromatic rings. The summed E-state index contributed by atoms with van der Waals surface area (Å²) >= 11 is 0. The summed E-state index contributed by atoms with van der Waals surface area (Å²) in [5, 5.41) is 4.69. The van der Waals surface area contributed by atoms with Crippen molar-refractivity contribution < 1.29 is 4.79 Å².